The molecule has 0 spiro atoms. The summed E-state index contributed by atoms with van der Waals surface area (Å²) in [5.41, 5.74) is 2.54. The van der Waals surface area contributed by atoms with Crippen molar-refractivity contribution in [1.82, 2.24) is 10.3 Å². The molecule has 0 aliphatic heterocycles. The maximum absolute atomic E-state index is 12.5. The number of ether oxygens (including phenoxy) is 1. The van der Waals surface area contributed by atoms with E-state index in [1.165, 1.54) is 7.11 Å². The fourth-order valence-electron chi connectivity index (χ4n) is 2.85. The van der Waals surface area contributed by atoms with E-state index in [0.717, 1.165) is 11.3 Å². The molecule has 6 heteroatoms. The fraction of sp³-hybridized carbons (Fsp3) is 0.136. The summed E-state index contributed by atoms with van der Waals surface area (Å²) in [6, 6.07) is 22.0. The number of nitrogens with zero attached hydrogens (tertiary/aromatic N) is 1. The van der Waals surface area contributed by atoms with Crippen LogP contribution in [-0.2, 0) is 9.53 Å². The zero-order valence-electron chi connectivity index (χ0n) is 15.5. The first kappa shape index (κ1) is 19.3. The average molecular weight is 375 g/mol. The molecule has 0 aliphatic carbocycles. The van der Waals surface area contributed by atoms with Gasteiger partial charge in [-0.25, -0.2) is 4.79 Å². The Hall–Kier alpha value is -3.51. The summed E-state index contributed by atoms with van der Waals surface area (Å²) in [6.45, 7) is 0.0473. The number of amides is 1. The van der Waals surface area contributed by atoms with Gasteiger partial charge >= 0.3 is 5.97 Å². The molecule has 6 nitrogen and oxygen atoms in total. The third-order valence-corrected chi connectivity index (χ3v) is 4.19. The highest BCUT2D eigenvalue weighted by atomic mass is 16.5. The zero-order valence-corrected chi connectivity index (χ0v) is 15.5. The molecule has 0 fully saturated rings. The van der Waals surface area contributed by atoms with Crippen molar-refractivity contribution in [3.8, 4) is 0 Å². The van der Waals surface area contributed by atoms with Crippen LogP contribution in [0.25, 0.3) is 0 Å². The molecule has 1 atom stereocenters. The zero-order chi connectivity index (χ0) is 19.8. The van der Waals surface area contributed by atoms with Crippen molar-refractivity contribution < 1.29 is 14.3 Å². The number of rotatable bonds is 7. The van der Waals surface area contributed by atoms with E-state index in [0.29, 0.717) is 11.3 Å². The smallest absolute Gasteiger partial charge is 0.339 e. The van der Waals surface area contributed by atoms with Crippen LogP contribution in [0.5, 0.6) is 0 Å². The Morgan fingerprint density at radius 2 is 1.68 bits per heavy atom. The van der Waals surface area contributed by atoms with Gasteiger partial charge in [-0.3, -0.25) is 15.1 Å². The number of para-hydroxylation sites is 1. The van der Waals surface area contributed by atoms with Gasteiger partial charge < -0.3 is 10.1 Å². The van der Waals surface area contributed by atoms with Crippen LogP contribution in [0.1, 0.15) is 27.7 Å². The van der Waals surface area contributed by atoms with Crippen molar-refractivity contribution in [2.24, 2.45) is 0 Å². The van der Waals surface area contributed by atoms with Crippen molar-refractivity contribution in [2.75, 3.05) is 19.0 Å². The van der Waals surface area contributed by atoms with Crippen molar-refractivity contribution in [2.45, 2.75) is 6.04 Å². The molecule has 1 heterocycles. The minimum Gasteiger partial charge on any atom is -0.465 e. The van der Waals surface area contributed by atoms with Crippen LogP contribution in [0.4, 0.5) is 5.69 Å². The molecule has 2 N–H and O–H groups in total. The Labute approximate surface area is 163 Å². The first-order valence-electron chi connectivity index (χ1n) is 8.85. The summed E-state index contributed by atoms with van der Waals surface area (Å²) < 4.78 is 4.76. The van der Waals surface area contributed by atoms with Gasteiger partial charge in [0.2, 0.25) is 5.91 Å². The second-order valence-corrected chi connectivity index (χ2v) is 6.06. The SMILES string of the molecule is COC(=O)c1ccccc1NC(=O)CNC(c1ccccc1)c1ccccn1. The monoisotopic (exact) mass is 375 g/mol. The molecular formula is C22H21N3O3. The van der Waals surface area contributed by atoms with Crippen molar-refractivity contribution in [3.05, 3.63) is 95.8 Å². The first-order chi connectivity index (χ1) is 13.7. The number of aromatic nitrogens is 1. The van der Waals surface area contributed by atoms with Gasteiger partial charge in [0.05, 0.1) is 36.6 Å². The second-order valence-electron chi connectivity index (χ2n) is 6.06. The van der Waals surface area contributed by atoms with Crippen LogP contribution >= 0.6 is 0 Å². The number of carbonyl (C=O) groups is 2. The lowest BCUT2D eigenvalue weighted by molar-refractivity contribution is -0.115. The Morgan fingerprint density at radius 1 is 0.964 bits per heavy atom. The van der Waals surface area contributed by atoms with E-state index in [9.17, 15) is 9.59 Å². The number of anilines is 1. The van der Waals surface area contributed by atoms with E-state index in [4.69, 9.17) is 4.74 Å². The standard InChI is InChI=1S/C22H21N3O3/c1-28-22(27)17-11-5-6-12-18(17)25-20(26)15-24-21(16-9-3-2-4-10-16)19-13-7-8-14-23-19/h2-14,21,24H,15H2,1H3,(H,25,26). The summed E-state index contributed by atoms with van der Waals surface area (Å²) in [6.07, 6.45) is 1.72. The highest BCUT2D eigenvalue weighted by Gasteiger charge is 2.17. The average Bonchev–Trinajstić information content (AvgIpc) is 2.75. The predicted octanol–water partition coefficient (Wildman–Crippen LogP) is 3.19. The quantitative estimate of drug-likeness (QED) is 0.620. The summed E-state index contributed by atoms with van der Waals surface area (Å²) in [5, 5.41) is 6.01. The van der Waals surface area contributed by atoms with Crippen molar-refractivity contribution in [1.29, 1.82) is 0 Å². The summed E-state index contributed by atoms with van der Waals surface area (Å²) in [5.74, 6) is -0.771. The third kappa shape index (κ3) is 4.81. The number of hydrogen-bond donors (Lipinski definition) is 2. The molecule has 2 aromatic carbocycles. The maximum atomic E-state index is 12.5. The van der Waals surface area contributed by atoms with Gasteiger partial charge in [0.25, 0.3) is 0 Å². The van der Waals surface area contributed by atoms with Crippen LogP contribution in [0.3, 0.4) is 0 Å². The molecule has 0 radical (unpaired) electrons. The number of esters is 1. The molecule has 0 saturated carbocycles. The van der Waals surface area contributed by atoms with Crippen LogP contribution in [0.15, 0.2) is 79.0 Å². The van der Waals surface area contributed by atoms with Gasteiger partial charge in [0.15, 0.2) is 0 Å². The molecular weight excluding hydrogens is 354 g/mol. The largest absolute Gasteiger partial charge is 0.465 e. The fourth-order valence-corrected chi connectivity index (χ4v) is 2.85. The van der Waals surface area contributed by atoms with Crippen molar-refractivity contribution >= 4 is 17.6 Å². The molecule has 0 saturated heterocycles. The molecule has 0 aliphatic rings. The van der Waals surface area contributed by atoms with E-state index >= 15 is 0 Å². The number of carbonyl (C=O) groups excluding carboxylic acids is 2. The number of nitrogens with one attached hydrogen (secondary N) is 2. The Kier molecular flexibility index (Phi) is 6.49. The van der Waals surface area contributed by atoms with Crippen LogP contribution in [0, 0.1) is 0 Å². The van der Waals surface area contributed by atoms with Gasteiger partial charge in [-0.05, 0) is 29.8 Å². The highest BCUT2D eigenvalue weighted by molar-refractivity contribution is 6.01. The van der Waals surface area contributed by atoms with E-state index in [1.807, 2.05) is 48.5 Å². The lowest BCUT2D eigenvalue weighted by atomic mass is 10.0. The van der Waals surface area contributed by atoms with E-state index in [2.05, 4.69) is 15.6 Å². The molecule has 3 rings (SSSR count). The van der Waals surface area contributed by atoms with Crippen LogP contribution < -0.4 is 10.6 Å². The molecule has 0 bridgehead atoms. The number of methoxy groups -OCH3 is 1. The topological polar surface area (TPSA) is 80.3 Å². The molecule has 1 amide bonds. The van der Waals surface area contributed by atoms with E-state index in [1.54, 1.807) is 30.5 Å². The van der Waals surface area contributed by atoms with E-state index < -0.39 is 5.97 Å². The third-order valence-electron chi connectivity index (χ3n) is 4.19. The van der Waals surface area contributed by atoms with Gasteiger partial charge in [0.1, 0.15) is 0 Å². The second kappa shape index (κ2) is 9.43. The van der Waals surface area contributed by atoms with Crippen molar-refractivity contribution in [3.63, 3.8) is 0 Å². The molecule has 3 aromatic rings. The number of benzene rings is 2. The summed E-state index contributed by atoms with van der Waals surface area (Å²) in [7, 11) is 1.31. The highest BCUT2D eigenvalue weighted by Crippen LogP contribution is 2.20. The van der Waals surface area contributed by atoms with Gasteiger partial charge in [-0.15, -0.1) is 0 Å². The Bertz CT molecular complexity index is 891. The molecule has 1 unspecified atom stereocenters. The van der Waals surface area contributed by atoms with E-state index in [-0.39, 0.29) is 18.5 Å². The maximum Gasteiger partial charge on any atom is 0.339 e. The normalized spacial score (nSPS) is 11.5. The van der Waals surface area contributed by atoms with Gasteiger partial charge in [-0.2, -0.15) is 0 Å². The molecule has 28 heavy (non-hydrogen) atoms. The van der Waals surface area contributed by atoms with Gasteiger partial charge in [-0.1, -0.05) is 48.5 Å². The lowest BCUT2D eigenvalue weighted by Gasteiger charge is -2.19. The molecule has 142 valence electrons. The minimum atomic E-state index is -0.500. The number of hydrogen-bond acceptors (Lipinski definition) is 5. The lowest BCUT2D eigenvalue weighted by Crippen LogP contribution is -2.32. The summed E-state index contributed by atoms with van der Waals surface area (Å²) in [4.78, 5) is 28.8. The number of pyridine rings is 1. The van der Waals surface area contributed by atoms with Crippen LogP contribution in [-0.4, -0.2) is 30.5 Å². The van der Waals surface area contributed by atoms with Gasteiger partial charge in [0, 0.05) is 6.20 Å². The first-order valence-corrected chi connectivity index (χ1v) is 8.85. The minimum absolute atomic E-state index is 0.0473. The molecule has 1 aromatic heterocycles. The Morgan fingerprint density at radius 3 is 2.39 bits per heavy atom. The van der Waals surface area contributed by atoms with Crippen LogP contribution in [0.2, 0.25) is 0 Å². The predicted molar refractivity (Wildman–Crippen MR) is 107 cm³/mol. The Balaban J connectivity index is 1.72. The summed E-state index contributed by atoms with van der Waals surface area (Å²) >= 11 is 0.